The van der Waals surface area contributed by atoms with Gasteiger partial charge in [-0.05, 0) is 18.2 Å². The summed E-state index contributed by atoms with van der Waals surface area (Å²) in [5, 5.41) is 29.7. The summed E-state index contributed by atoms with van der Waals surface area (Å²) in [4.78, 5) is -1.28. The Labute approximate surface area is 118 Å². The molecule has 0 aliphatic rings. The van der Waals surface area contributed by atoms with Gasteiger partial charge in [0.15, 0.2) is 0 Å². The Morgan fingerprint density at radius 1 is 0.889 bits per heavy atom. The number of quaternary nitrogens is 1. The van der Waals surface area contributed by atoms with Crippen LogP contribution < -0.4 is 12.4 Å². The van der Waals surface area contributed by atoms with E-state index in [1.54, 1.807) is 13.8 Å². The second-order valence-electron chi connectivity index (χ2n) is 4.90. The van der Waals surface area contributed by atoms with Gasteiger partial charge in [0.25, 0.3) is 5.72 Å². The third-order valence-electron chi connectivity index (χ3n) is 3.60. The van der Waals surface area contributed by atoms with Crippen molar-refractivity contribution in [2.45, 2.75) is 77.9 Å². The van der Waals surface area contributed by atoms with Gasteiger partial charge >= 0.3 is 0 Å². The van der Waals surface area contributed by atoms with E-state index in [1.165, 1.54) is 19.3 Å². The predicted molar refractivity (Wildman–Crippen MR) is 67.6 cm³/mol. The summed E-state index contributed by atoms with van der Waals surface area (Å²) in [6, 6.07) is 0. The molecule has 1 unspecified atom stereocenters. The van der Waals surface area contributed by atoms with E-state index >= 15 is 0 Å². The van der Waals surface area contributed by atoms with E-state index in [0.29, 0.717) is 12.8 Å². The summed E-state index contributed by atoms with van der Waals surface area (Å²) in [7, 11) is 0. The average molecular weight is 284 g/mol. The molecule has 0 saturated carbocycles. The van der Waals surface area contributed by atoms with Crippen LogP contribution in [0.25, 0.3) is 0 Å². The third-order valence-corrected chi connectivity index (χ3v) is 3.60. The molecule has 0 aliphatic carbocycles. The van der Waals surface area contributed by atoms with E-state index in [1.807, 2.05) is 0 Å². The molecule has 0 saturated heterocycles. The summed E-state index contributed by atoms with van der Waals surface area (Å²) >= 11 is 0. The molecule has 0 heterocycles. The first-order valence-corrected chi connectivity index (χ1v) is 6.99. The SMILES string of the molecule is CCCCCCCCC(O)(CC)[N+](O)(O)CC.[Cl-]. The van der Waals surface area contributed by atoms with Crippen LogP contribution in [0.5, 0.6) is 0 Å². The minimum absolute atomic E-state index is 0. The van der Waals surface area contributed by atoms with E-state index in [2.05, 4.69) is 6.92 Å². The number of rotatable bonds is 10. The number of halogens is 1. The van der Waals surface area contributed by atoms with Gasteiger partial charge in [0.1, 0.15) is 6.54 Å². The smallest absolute Gasteiger partial charge is 0.261 e. The largest absolute Gasteiger partial charge is 1.00 e. The Kier molecular flexibility index (Phi) is 11.3. The number of hydroxylamine groups is 4. The number of aliphatic hydroxyl groups is 1. The van der Waals surface area contributed by atoms with Crippen LogP contribution in [-0.4, -0.2) is 32.6 Å². The average Bonchev–Trinajstić information content (AvgIpc) is 2.33. The minimum Gasteiger partial charge on any atom is -1.00 e. The molecule has 0 spiro atoms. The fraction of sp³-hybridized carbons (Fsp3) is 1.00. The number of unbranched alkanes of at least 4 members (excludes halogenated alkanes) is 5. The topological polar surface area (TPSA) is 60.7 Å². The Morgan fingerprint density at radius 2 is 1.39 bits per heavy atom. The molecule has 4 nitrogen and oxygen atoms in total. The van der Waals surface area contributed by atoms with Crippen LogP contribution in [0.2, 0.25) is 0 Å². The normalized spacial score (nSPS) is 15.0. The summed E-state index contributed by atoms with van der Waals surface area (Å²) in [6.07, 6.45) is 7.55. The van der Waals surface area contributed by atoms with Gasteiger partial charge in [-0.15, -0.1) is 0 Å². The Morgan fingerprint density at radius 3 is 1.83 bits per heavy atom. The summed E-state index contributed by atoms with van der Waals surface area (Å²) < 4.78 is 0. The molecule has 18 heavy (non-hydrogen) atoms. The molecular formula is C13H30ClNO3. The van der Waals surface area contributed by atoms with Crippen molar-refractivity contribution < 1.29 is 32.7 Å². The van der Waals surface area contributed by atoms with Crippen molar-refractivity contribution in [3.63, 3.8) is 0 Å². The number of hydrogen-bond donors (Lipinski definition) is 3. The highest BCUT2D eigenvalue weighted by Crippen LogP contribution is 2.27. The summed E-state index contributed by atoms with van der Waals surface area (Å²) in [6.45, 7) is 5.72. The quantitative estimate of drug-likeness (QED) is 0.236. The van der Waals surface area contributed by atoms with Crippen LogP contribution in [0.1, 0.15) is 72.1 Å². The van der Waals surface area contributed by atoms with Crippen molar-refractivity contribution in [3.8, 4) is 0 Å². The van der Waals surface area contributed by atoms with E-state index < -0.39 is 10.5 Å². The summed E-state index contributed by atoms with van der Waals surface area (Å²) in [5.41, 5.74) is -1.42. The fourth-order valence-electron chi connectivity index (χ4n) is 2.09. The minimum atomic E-state index is -1.42. The highest BCUT2D eigenvalue weighted by Gasteiger charge is 2.47. The lowest BCUT2D eigenvalue weighted by atomic mass is 10.00. The van der Waals surface area contributed by atoms with Crippen LogP contribution in [0.15, 0.2) is 0 Å². The maximum Gasteiger partial charge on any atom is 0.261 e. The van der Waals surface area contributed by atoms with Gasteiger partial charge in [-0.1, -0.05) is 46.0 Å². The molecule has 0 rings (SSSR count). The molecule has 0 radical (unpaired) electrons. The van der Waals surface area contributed by atoms with E-state index in [0.717, 1.165) is 19.3 Å². The highest BCUT2D eigenvalue weighted by atomic mass is 35.5. The Bertz CT molecular complexity index is 203. The van der Waals surface area contributed by atoms with Gasteiger partial charge in [0, 0.05) is 12.8 Å². The maximum absolute atomic E-state index is 10.2. The van der Waals surface area contributed by atoms with Gasteiger partial charge < -0.3 is 17.5 Å². The first kappa shape index (κ1) is 20.4. The van der Waals surface area contributed by atoms with Crippen LogP contribution in [0.4, 0.5) is 0 Å². The highest BCUT2D eigenvalue weighted by molar-refractivity contribution is 4.63. The first-order chi connectivity index (χ1) is 7.93. The number of nitrogens with zero attached hydrogens (tertiary/aromatic N) is 1. The molecule has 5 heteroatoms. The molecule has 0 amide bonds. The van der Waals surface area contributed by atoms with Crippen molar-refractivity contribution in [1.29, 1.82) is 0 Å². The lowest BCUT2D eigenvalue weighted by Crippen LogP contribution is -3.00. The number of hydrogen-bond acceptors (Lipinski definition) is 3. The van der Waals surface area contributed by atoms with Gasteiger partial charge in [-0.2, -0.15) is 10.4 Å². The Hall–Kier alpha value is 0.130. The molecule has 1 atom stereocenters. The molecule has 0 fully saturated rings. The molecule has 0 aromatic rings. The van der Waals surface area contributed by atoms with E-state index in [9.17, 15) is 15.5 Å². The zero-order chi connectivity index (χ0) is 13.4. The summed E-state index contributed by atoms with van der Waals surface area (Å²) in [5.74, 6) is 0. The zero-order valence-corrected chi connectivity index (χ0v) is 12.8. The van der Waals surface area contributed by atoms with Gasteiger partial charge in [0.2, 0.25) is 0 Å². The zero-order valence-electron chi connectivity index (χ0n) is 12.0. The monoisotopic (exact) mass is 283 g/mol. The lowest BCUT2D eigenvalue weighted by Gasteiger charge is -2.36. The standard InChI is InChI=1S/C13H30NO3.ClH/c1-4-7-8-9-10-11-12-13(15,5-2)14(16,17)6-3;/h15-17H,4-12H2,1-3H3;1H/q+1;/p-1. The lowest BCUT2D eigenvalue weighted by molar-refractivity contribution is -1.29. The molecule has 112 valence electrons. The van der Waals surface area contributed by atoms with E-state index in [-0.39, 0.29) is 19.0 Å². The van der Waals surface area contributed by atoms with Crippen LogP contribution in [0, 0.1) is 0 Å². The second-order valence-corrected chi connectivity index (χ2v) is 4.90. The van der Waals surface area contributed by atoms with Crippen molar-refractivity contribution in [1.82, 2.24) is 0 Å². The molecular weight excluding hydrogens is 254 g/mol. The van der Waals surface area contributed by atoms with Crippen molar-refractivity contribution >= 4 is 0 Å². The molecule has 3 N–H and O–H groups in total. The fourth-order valence-corrected chi connectivity index (χ4v) is 2.09. The molecule has 0 aromatic carbocycles. The molecule has 0 bridgehead atoms. The van der Waals surface area contributed by atoms with Crippen LogP contribution in [0.3, 0.4) is 0 Å². The van der Waals surface area contributed by atoms with Crippen LogP contribution in [-0.2, 0) is 0 Å². The van der Waals surface area contributed by atoms with Crippen molar-refractivity contribution in [2.24, 2.45) is 0 Å². The first-order valence-electron chi connectivity index (χ1n) is 6.99. The van der Waals surface area contributed by atoms with Gasteiger partial charge in [0.05, 0.1) is 0 Å². The molecule has 0 aromatic heterocycles. The van der Waals surface area contributed by atoms with Gasteiger partial charge in [-0.3, -0.25) is 0 Å². The van der Waals surface area contributed by atoms with E-state index in [4.69, 9.17) is 0 Å². The van der Waals surface area contributed by atoms with Gasteiger partial charge in [-0.25, -0.2) is 0 Å². The Balaban J connectivity index is 0. The predicted octanol–water partition coefficient (Wildman–Crippen LogP) is 0.455. The third kappa shape index (κ3) is 6.34. The maximum atomic E-state index is 10.2. The van der Waals surface area contributed by atoms with Crippen LogP contribution >= 0.6 is 0 Å². The van der Waals surface area contributed by atoms with Crippen molar-refractivity contribution in [3.05, 3.63) is 0 Å². The molecule has 0 aliphatic heterocycles. The van der Waals surface area contributed by atoms with Crippen molar-refractivity contribution in [2.75, 3.05) is 6.54 Å². The second kappa shape index (κ2) is 9.98.